The van der Waals surface area contributed by atoms with E-state index in [1.807, 2.05) is 0 Å². The predicted octanol–water partition coefficient (Wildman–Crippen LogP) is 5.94. The van der Waals surface area contributed by atoms with Crippen molar-refractivity contribution in [1.29, 1.82) is 0 Å². The second-order valence-electron chi connectivity index (χ2n) is 6.56. The van der Waals surface area contributed by atoms with Gasteiger partial charge < -0.3 is 0 Å². The van der Waals surface area contributed by atoms with E-state index in [1.54, 1.807) is 0 Å². The minimum absolute atomic E-state index is 0.101. The Kier molecular flexibility index (Phi) is 3.75. The monoisotopic (exact) mass is 298 g/mol. The fourth-order valence-electron chi connectivity index (χ4n) is 4.47. The summed E-state index contributed by atoms with van der Waals surface area (Å²) in [5.41, 5.74) is 4.48. The van der Waals surface area contributed by atoms with E-state index in [2.05, 4.69) is 91.0 Å². The maximum Gasteiger partial charge on any atom is 0.0271 e. The van der Waals surface area contributed by atoms with Crippen LogP contribution >= 0.6 is 0 Å². The van der Waals surface area contributed by atoms with Crippen LogP contribution in [0.1, 0.15) is 41.9 Å². The Morgan fingerprint density at radius 2 is 1.09 bits per heavy atom. The van der Waals surface area contributed by atoms with E-state index in [4.69, 9.17) is 0 Å². The van der Waals surface area contributed by atoms with Gasteiger partial charge in [0.05, 0.1) is 0 Å². The van der Waals surface area contributed by atoms with Gasteiger partial charge in [0.25, 0.3) is 0 Å². The number of rotatable bonds is 3. The van der Waals surface area contributed by atoms with Crippen molar-refractivity contribution in [1.82, 2.24) is 0 Å². The van der Waals surface area contributed by atoms with Crippen LogP contribution in [0.4, 0.5) is 0 Å². The van der Waals surface area contributed by atoms with Crippen molar-refractivity contribution in [2.75, 3.05) is 0 Å². The maximum atomic E-state index is 2.31. The number of hydrogen-bond acceptors (Lipinski definition) is 0. The molecule has 3 aromatic rings. The molecule has 114 valence electrons. The molecule has 0 N–H and O–H groups in total. The predicted molar refractivity (Wildman–Crippen MR) is 96.7 cm³/mol. The van der Waals surface area contributed by atoms with Gasteiger partial charge in [-0.15, -0.1) is 0 Å². The third-order valence-electron chi connectivity index (χ3n) is 5.44. The summed E-state index contributed by atoms with van der Waals surface area (Å²) < 4.78 is 0. The molecule has 1 fully saturated rings. The van der Waals surface area contributed by atoms with Gasteiger partial charge in [0.1, 0.15) is 0 Å². The second kappa shape index (κ2) is 6.04. The molecule has 23 heavy (non-hydrogen) atoms. The molecule has 0 aromatic heterocycles. The van der Waals surface area contributed by atoms with Crippen LogP contribution in [-0.4, -0.2) is 0 Å². The van der Waals surface area contributed by atoms with Crippen LogP contribution < -0.4 is 0 Å². The van der Waals surface area contributed by atoms with Crippen LogP contribution in [0, 0.1) is 0 Å². The van der Waals surface area contributed by atoms with Gasteiger partial charge in [-0.25, -0.2) is 0 Å². The SMILES string of the molecule is c1ccc(C2CCCC2(c2ccccc2)c2ccccc2)cc1. The molecule has 1 saturated carbocycles. The normalized spacial score (nSPS) is 19.6. The minimum Gasteiger partial charge on any atom is -0.0622 e. The van der Waals surface area contributed by atoms with Crippen molar-refractivity contribution in [3.05, 3.63) is 108 Å². The van der Waals surface area contributed by atoms with Crippen LogP contribution in [0.2, 0.25) is 0 Å². The van der Waals surface area contributed by atoms with Crippen molar-refractivity contribution in [3.63, 3.8) is 0 Å². The maximum absolute atomic E-state index is 2.31. The molecule has 1 unspecified atom stereocenters. The quantitative estimate of drug-likeness (QED) is 0.561. The first-order chi connectivity index (χ1) is 11.4. The standard InChI is InChI=1S/C23H22/c1-4-11-19(12-5-1)22-17-10-18-23(22,20-13-6-2-7-14-20)21-15-8-3-9-16-21/h1-9,11-16,22H,10,17-18H2. The molecular weight excluding hydrogens is 276 g/mol. The van der Waals surface area contributed by atoms with Gasteiger partial charge in [0.2, 0.25) is 0 Å². The van der Waals surface area contributed by atoms with Crippen molar-refractivity contribution in [2.24, 2.45) is 0 Å². The van der Waals surface area contributed by atoms with E-state index < -0.39 is 0 Å². The highest BCUT2D eigenvalue weighted by molar-refractivity contribution is 5.46. The Bertz CT molecular complexity index is 704. The minimum atomic E-state index is 0.101. The van der Waals surface area contributed by atoms with E-state index >= 15 is 0 Å². The molecule has 0 saturated heterocycles. The van der Waals surface area contributed by atoms with Gasteiger partial charge in [-0.3, -0.25) is 0 Å². The first-order valence-corrected chi connectivity index (χ1v) is 8.57. The summed E-state index contributed by atoms with van der Waals surface area (Å²) in [5.74, 6) is 0.550. The Morgan fingerprint density at radius 1 is 0.609 bits per heavy atom. The largest absolute Gasteiger partial charge is 0.0622 e. The summed E-state index contributed by atoms with van der Waals surface area (Å²) in [6.07, 6.45) is 3.76. The smallest absolute Gasteiger partial charge is 0.0271 e. The molecule has 1 atom stereocenters. The van der Waals surface area contributed by atoms with Crippen LogP contribution in [0.25, 0.3) is 0 Å². The van der Waals surface area contributed by atoms with Gasteiger partial charge in [-0.2, -0.15) is 0 Å². The van der Waals surface area contributed by atoms with Crippen molar-refractivity contribution in [3.8, 4) is 0 Å². The molecule has 0 amide bonds. The zero-order chi connectivity index (χ0) is 15.5. The van der Waals surface area contributed by atoms with Crippen molar-refractivity contribution >= 4 is 0 Å². The summed E-state index contributed by atoms with van der Waals surface area (Å²) in [5, 5.41) is 0. The summed E-state index contributed by atoms with van der Waals surface area (Å²) in [4.78, 5) is 0. The molecule has 0 radical (unpaired) electrons. The molecule has 0 spiro atoms. The highest BCUT2D eigenvalue weighted by atomic mass is 14.5. The van der Waals surface area contributed by atoms with Crippen LogP contribution in [0.3, 0.4) is 0 Å². The Morgan fingerprint density at radius 3 is 1.61 bits per heavy atom. The van der Waals surface area contributed by atoms with Crippen LogP contribution in [0.15, 0.2) is 91.0 Å². The van der Waals surface area contributed by atoms with E-state index in [0.717, 1.165) is 0 Å². The molecule has 0 aliphatic heterocycles. The molecule has 4 rings (SSSR count). The molecular formula is C23H22. The van der Waals surface area contributed by atoms with Crippen LogP contribution in [0.5, 0.6) is 0 Å². The van der Waals surface area contributed by atoms with E-state index in [1.165, 1.54) is 36.0 Å². The summed E-state index contributed by atoms with van der Waals surface area (Å²) >= 11 is 0. The fraction of sp³-hybridized carbons (Fsp3) is 0.217. The molecule has 0 heteroatoms. The molecule has 0 nitrogen and oxygen atoms in total. The molecule has 3 aromatic carbocycles. The Hall–Kier alpha value is -2.34. The second-order valence-corrected chi connectivity index (χ2v) is 6.56. The summed E-state index contributed by atoms with van der Waals surface area (Å²) in [7, 11) is 0. The van der Waals surface area contributed by atoms with Gasteiger partial charge >= 0.3 is 0 Å². The van der Waals surface area contributed by atoms with E-state index in [9.17, 15) is 0 Å². The van der Waals surface area contributed by atoms with Gasteiger partial charge in [0, 0.05) is 5.41 Å². The summed E-state index contributed by atoms with van der Waals surface area (Å²) in [6, 6.07) is 33.3. The lowest BCUT2D eigenvalue weighted by Crippen LogP contribution is -2.30. The zero-order valence-electron chi connectivity index (χ0n) is 13.4. The third-order valence-corrected chi connectivity index (χ3v) is 5.44. The Labute approximate surface area is 138 Å². The molecule has 1 aliphatic rings. The van der Waals surface area contributed by atoms with Gasteiger partial charge in [-0.1, -0.05) is 97.4 Å². The molecule has 1 aliphatic carbocycles. The summed E-state index contributed by atoms with van der Waals surface area (Å²) in [6.45, 7) is 0. The van der Waals surface area contributed by atoms with Gasteiger partial charge in [-0.05, 0) is 35.4 Å². The topological polar surface area (TPSA) is 0 Å². The Balaban J connectivity index is 1.93. The fourth-order valence-corrected chi connectivity index (χ4v) is 4.47. The first-order valence-electron chi connectivity index (χ1n) is 8.57. The van der Waals surface area contributed by atoms with Crippen molar-refractivity contribution < 1.29 is 0 Å². The average molecular weight is 298 g/mol. The number of hydrogen-bond donors (Lipinski definition) is 0. The number of benzene rings is 3. The lowest BCUT2D eigenvalue weighted by atomic mass is 9.65. The zero-order valence-corrected chi connectivity index (χ0v) is 13.4. The van der Waals surface area contributed by atoms with E-state index in [0.29, 0.717) is 5.92 Å². The average Bonchev–Trinajstić information content (AvgIpc) is 3.10. The molecule has 0 bridgehead atoms. The van der Waals surface area contributed by atoms with Crippen LogP contribution in [-0.2, 0) is 5.41 Å². The van der Waals surface area contributed by atoms with Crippen molar-refractivity contribution in [2.45, 2.75) is 30.6 Å². The first kappa shape index (κ1) is 14.3. The van der Waals surface area contributed by atoms with Gasteiger partial charge in [0.15, 0.2) is 0 Å². The highest BCUT2D eigenvalue weighted by Crippen LogP contribution is 2.54. The lowest BCUT2D eigenvalue weighted by Gasteiger charge is -2.37. The third kappa shape index (κ3) is 2.39. The van der Waals surface area contributed by atoms with E-state index in [-0.39, 0.29) is 5.41 Å². The molecule has 0 heterocycles. The highest BCUT2D eigenvalue weighted by Gasteiger charge is 2.45. The lowest BCUT2D eigenvalue weighted by molar-refractivity contribution is 0.470.